The summed E-state index contributed by atoms with van der Waals surface area (Å²) >= 11 is 11.5. The molecule has 0 N–H and O–H groups in total. The molecule has 6 heteroatoms. The van der Waals surface area contributed by atoms with E-state index < -0.39 is 0 Å². The van der Waals surface area contributed by atoms with Gasteiger partial charge in [-0.1, -0.05) is 44.0 Å². The Morgan fingerprint density at radius 2 is 1.94 bits per heavy atom. The highest BCUT2D eigenvalue weighted by molar-refractivity contribution is 6.34. The standard InChI is InChI=1S/C11H15Cl2N3O/c1-11(2,3)6-16(4)10(17)7-5-8(12)14-15-9(7)13/h5H,6H2,1-4H3. The van der Waals surface area contributed by atoms with Crippen LogP contribution in [0.4, 0.5) is 0 Å². The molecule has 0 aromatic carbocycles. The lowest BCUT2D eigenvalue weighted by Gasteiger charge is -2.26. The van der Waals surface area contributed by atoms with Crippen LogP contribution >= 0.6 is 23.2 Å². The summed E-state index contributed by atoms with van der Waals surface area (Å²) in [6.45, 7) is 6.77. The van der Waals surface area contributed by atoms with Crippen molar-refractivity contribution in [3.63, 3.8) is 0 Å². The SMILES string of the molecule is CN(CC(C)(C)C)C(=O)c1cc(Cl)nnc1Cl. The van der Waals surface area contributed by atoms with Crippen LogP contribution in [-0.2, 0) is 0 Å². The Labute approximate surface area is 111 Å². The van der Waals surface area contributed by atoms with E-state index in [-0.39, 0.29) is 27.2 Å². The highest BCUT2D eigenvalue weighted by Gasteiger charge is 2.21. The number of rotatable bonds is 2. The van der Waals surface area contributed by atoms with E-state index in [1.165, 1.54) is 6.07 Å². The summed E-state index contributed by atoms with van der Waals surface area (Å²) in [7, 11) is 1.72. The second kappa shape index (κ2) is 5.19. The summed E-state index contributed by atoms with van der Waals surface area (Å²) in [6.07, 6.45) is 0. The molecule has 17 heavy (non-hydrogen) atoms. The summed E-state index contributed by atoms with van der Waals surface area (Å²) in [5.41, 5.74) is 0.291. The first-order chi connectivity index (χ1) is 7.70. The maximum Gasteiger partial charge on any atom is 0.256 e. The zero-order valence-corrected chi connectivity index (χ0v) is 11.8. The molecule has 94 valence electrons. The fraction of sp³-hybridized carbons (Fsp3) is 0.545. The Balaban J connectivity index is 2.93. The highest BCUT2D eigenvalue weighted by atomic mass is 35.5. The number of nitrogens with zero attached hydrogens (tertiary/aromatic N) is 3. The third kappa shape index (κ3) is 4.13. The number of halogens is 2. The zero-order chi connectivity index (χ0) is 13.2. The number of hydrogen-bond acceptors (Lipinski definition) is 3. The molecule has 1 aromatic rings. The molecule has 1 amide bonds. The van der Waals surface area contributed by atoms with Crippen molar-refractivity contribution in [3.05, 3.63) is 21.9 Å². The van der Waals surface area contributed by atoms with Crippen molar-refractivity contribution in [3.8, 4) is 0 Å². The molecule has 1 aromatic heterocycles. The minimum absolute atomic E-state index is 0.0150. The molecule has 4 nitrogen and oxygen atoms in total. The molecule has 0 aliphatic rings. The molecule has 0 saturated carbocycles. The predicted molar refractivity (Wildman–Crippen MR) is 68.5 cm³/mol. The lowest BCUT2D eigenvalue weighted by atomic mass is 9.96. The van der Waals surface area contributed by atoms with E-state index in [1.54, 1.807) is 11.9 Å². The van der Waals surface area contributed by atoms with E-state index in [4.69, 9.17) is 23.2 Å². The lowest BCUT2D eigenvalue weighted by Crippen LogP contribution is -2.34. The van der Waals surface area contributed by atoms with Crippen molar-refractivity contribution < 1.29 is 4.79 Å². The third-order valence-corrected chi connectivity index (χ3v) is 2.47. The first-order valence-corrected chi connectivity index (χ1v) is 5.90. The smallest absolute Gasteiger partial charge is 0.256 e. The van der Waals surface area contributed by atoms with Crippen LogP contribution in [0.1, 0.15) is 31.1 Å². The van der Waals surface area contributed by atoms with Gasteiger partial charge in [0.25, 0.3) is 5.91 Å². The van der Waals surface area contributed by atoms with Gasteiger partial charge < -0.3 is 4.90 Å². The van der Waals surface area contributed by atoms with Gasteiger partial charge in [0.2, 0.25) is 0 Å². The summed E-state index contributed by atoms with van der Waals surface area (Å²) in [6, 6.07) is 1.43. The molecule has 1 heterocycles. The number of amides is 1. The third-order valence-electron chi connectivity index (χ3n) is 2.01. The Hall–Kier alpha value is -0.870. The second-order valence-corrected chi connectivity index (χ2v) is 5.84. The highest BCUT2D eigenvalue weighted by Crippen LogP contribution is 2.20. The summed E-state index contributed by atoms with van der Waals surface area (Å²) < 4.78 is 0. The topological polar surface area (TPSA) is 46.1 Å². The molecule has 0 saturated heterocycles. The van der Waals surface area contributed by atoms with Crippen LogP contribution in [0.2, 0.25) is 10.3 Å². The van der Waals surface area contributed by atoms with E-state index in [0.717, 1.165) is 0 Å². The maximum atomic E-state index is 12.1. The molecule has 0 bridgehead atoms. The monoisotopic (exact) mass is 275 g/mol. The van der Waals surface area contributed by atoms with Crippen LogP contribution in [0.5, 0.6) is 0 Å². The molecule has 0 fully saturated rings. The minimum atomic E-state index is -0.207. The number of carbonyl (C=O) groups is 1. The summed E-state index contributed by atoms with van der Waals surface area (Å²) in [5, 5.41) is 7.41. The molecule has 0 unspecified atom stereocenters. The van der Waals surface area contributed by atoms with Crippen LogP contribution in [0.3, 0.4) is 0 Å². The Morgan fingerprint density at radius 3 is 2.47 bits per heavy atom. The fourth-order valence-corrected chi connectivity index (χ4v) is 1.81. The van der Waals surface area contributed by atoms with Crippen molar-refractivity contribution >= 4 is 29.1 Å². The van der Waals surface area contributed by atoms with E-state index in [0.29, 0.717) is 6.54 Å². The average molecular weight is 276 g/mol. The van der Waals surface area contributed by atoms with Crippen LogP contribution < -0.4 is 0 Å². The number of hydrogen-bond donors (Lipinski definition) is 0. The van der Waals surface area contributed by atoms with Gasteiger partial charge in [-0.2, -0.15) is 0 Å². The van der Waals surface area contributed by atoms with Gasteiger partial charge in [0.1, 0.15) is 0 Å². The van der Waals surface area contributed by atoms with Gasteiger partial charge in [0.05, 0.1) is 5.56 Å². The van der Waals surface area contributed by atoms with E-state index in [1.807, 2.05) is 0 Å². The van der Waals surface area contributed by atoms with Crippen molar-refractivity contribution in [1.29, 1.82) is 0 Å². The quantitative estimate of drug-likeness (QED) is 0.834. The van der Waals surface area contributed by atoms with Gasteiger partial charge in [-0.15, -0.1) is 10.2 Å². The maximum absolute atomic E-state index is 12.1. The molecule has 0 aliphatic heterocycles. The zero-order valence-electron chi connectivity index (χ0n) is 10.3. The van der Waals surface area contributed by atoms with E-state index >= 15 is 0 Å². The van der Waals surface area contributed by atoms with Crippen molar-refractivity contribution in [2.75, 3.05) is 13.6 Å². The molecule has 0 atom stereocenters. The van der Waals surface area contributed by atoms with Crippen LogP contribution in [0, 0.1) is 5.41 Å². The molecular weight excluding hydrogens is 261 g/mol. The van der Waals surface area contributed by atoms with E-state index in [9.17, 15) is 4.79 Å². The average Bonchev–Trinajstić information content (AvgIpc) is 2.18. The minimum Gasteiger partial charge on any atom is -0.341 e. The fourth-order valence-electron chi connectivity index (χ4n) is 1.49. The van der Waals surface area contributed by atoms with Gasteiger partial charge in [0.15, 0.2) is 10.3 Å². The van der Waals surface area contributed by atoms with Gasteiger partial charge in [0, 0.05) is 13.6 Å². The summed E-state index contributed by atoms with van der Waals surface area (Å²) in [4.78, 5) is 13.7. The number of carbonyl (C=O) groups excluding carboxylic acids is 1. The van der Waals surface area contributed by atoms with Crippen LogP contribution in [-0.4, -0.2) is 34.6 Å². The Morgan fingerprint density at radius 1 is 1.35 bits per heavy atom. The normalized spacial score (nSPS) is 11.4. The van der Waals surface area contributed by atoms with Crippen molar-refractivity contribution in [2.24, 2.45) is 5.41 Å². The second-order valence-electron chi connectivity index (χ2n) is 5.09. The van der Waals surface area contributed by atoms with Gasteiger partial charge in [-0.25, -0.2) is 0 Å². The molecule has 1 rings (SSSR count). The Bertz CT molecular complexity index is 429. The largest absolute Gasteiger partial charge is 0.341 e. The first-order valence-electron chi connectivity index (χ1n) is 5.15. The molecule has 0 radical (unpaired) electrons. The van der Waals surface area contributed by atoms with Crippen molar-refractivity contribution in [2.45, 2.75) is 20.8 Å². The molecule has 0 spiro atoms. The molecular formula is C11H15Cl2N3O. The lowest BCUT2D eigenvalue weighted by molar-refractivity contribution is 0.0745. The van der Waals surface area contributed by atoms with Crippen molar-refractivity contribution in [1.82, 2.24) is 15.1 Å². The van der Waals surface area contributed by atoms with Crippen LogP contribution in [0.15, 0.2) is 6.07 Å². The van der Waals surface area contributed by atoms with Gasteiger partial charge in [-0.05, 0) is 11.5 Å². The first kappa shape index (κ1) is 14.2. The predicted octanol–water partition coefficient (Wildman–Crippen LogP) is 2.90. The van der Waals surface area contributed by atoms with Gasteiger partial charge in [-0.3, -0.25) is 4.79 Å². The molecule has 0 aliphatic carbocycles. The van der Waals surface area contributed by atoms with Crippen LogP contribution in [0.25, 0.3) is 0 Å². The van der Waals surface area contributed by atoms with E-state index in [2.05, 4.69) is 31.0 Å². The van der Waals surface area contributed by atoms with Gasteiger partial charge >= 0.3 is 0 Å². The number of aromatic nitrogens is 2. The summed E-state index contributed by atoms with van der Waals surface area (Å²) in [5.74, 6) is -0.207. The Kier molecular flexibility index (Phi) is 4.33.